The molecule has 61 heavy (non-hydrogen) atoms. The number of nitrogens with zero attached hydrogens (tertiary/aromatic N) is 4. The monoisotopic (exact) mass is 848 g/mol. The largest absolute Gasteiger partial charge is 0.505 e. The number of amides is 7. The van der Waals surface area contributed by atoms with Gasteiger partial charge in [0.1, 0.15) is 42.1 Å². The van der Waals surface area contributed by atoms with Crippen LogP contribution in [0.2, 0.25) is 0 Å². The maximum absolute atomic E-state index is 14.4. The zero-order valence-electron chi connectivity index (χ0n) is 36.3. The van der Waals surface area contributed by atoms with Crippen LogP contribution >= 0.6 is 0 Å². The summed E-state index contributed by atoms with van der Waals surface area (Å²) in [5.41, 5.74) is -0.0978. The Bertz CT molecular complexity index is 1940. The number of aromatic nitrogens is 1. The van der Waals surface area contributed by atoms with Gasteiger partial charge in [-0.1, -0.05) is 65.0 Å². The third kappa shape index (κ3) is 11.6. The third-order valence-corrected chi connectivity index (χ3v) is 11.3. The Hall–Kier alpha value is -6.07. The van der Waals surface area contributed by atoms with Gasteiger partial charge in [-0.15, -0.1) is 0 Å². The number of fused-ring (bicyclic) bond motifs is 1. The summed E-state index contributed by atoms with van der Waals surface area (Å²) in [6.07, 6.45) is 0.657. The SMILES string of the molecule is CC(C)C[C@@H]1NC(=O)[C@@H](NC(=O)c2ncccc2O)[C@@H](C)OC(=O)C(c2ccccc2)N(C)C(=O)[C@H](C)NC(=O)[C@H](C(C)C(C)C)N(C)C(=O)CNC(=O)[C@H]2CCCN2C1=O. The molecular weight excluding hydrogens is 789 g/mol. The minimum atomic E-state index is -1.69. The van der Waals surface area contributed by atoms with Gasteiger partial charge in [-0.2, -0.15) is 0 Å². The Kier molecular flexibility index (Phi) is 16.3. The first kappa shape index (κ1) is 47.6. The van der Waals surface area contributed by atoms with Gasteiger partial charge < -0.3 is 45.8 Å². The predicted molar refractivity (Wildman–Crippen MR) is 222 cm³/mol. The van der Waals surface area contributed by atoms with Gasteiger partial charge in [-0.3, -0.25) is 33.6 Å². The van der Waals surface area contributed by atoms with E-state index in [-0.39, 0.29) is 31.2 Å². The van der Waals surface area contributed by atoms with Crippen molar-refractivity contribution in [3.05, 3.63) is 59.9 Å². The molecule has 1 aromatic carbocycles. The number of cyclic esters (lactones) is 1. The summed E-state index contributed by atoms with van der Waals surface area (Å²) < 4.78 is 5.91. The molecule has 8 atom stereocenters. The molecule has 0 saturated carbocycles. The lowest BCUT2D eigenvalue weighted by molar-refractivity contribution is -0.161. The lowest BCUT2D eigenvalue weighted by Crippen LogP contribution is -2.60. The topological polar surface area (TPSA) is 237 Å². The molecule has 18 nitrogen and oxygen atoms in total. The number of likely N-dealkylation sites (N-methyl/N-ethyl adjacent to an activating group) is 2. The number of hydrogen-bond acceptors (Lipinski definition) is 11. The Labute approximate surface area is 356 Å². The average Bonchev–Trinajstić information content (AvgIpc) is 3.71. The van der Waals surface area contributed by atoms with Crippen LogP contribution in [-0.4, -0.2) is 136 Å². The minimum absolute atomic E-state index is 0.0901. The minimum Gasteiger partial charge on any atom is -0.505 e. The van der Waals surface area contributed by atoms with E-state index in [0.29, 0.717) is 12.0 Å². The molecule has 0 spiro atoms. The second-order valence-corrected chi connectivity index (χ2v) is 16.6. The van der Waals surface area contributed by atoms with Crippen molar-refractivity contribution in [2.24, 2.45) is 17.8 Å². The second kappa shape index (κ2) is 20.9. The Morgan fingerprint density at radius 2 is 1.56 bits per heavy atom. The maximum atomic E-state index is 14.4. The molecule has 2 saturated heterocycles. The molecule has 2 aromatic rings. The number of rotatable bonds is 7. The van der Waals surface area contributed by atoms with Gasteiger partial charge in [-0.05, 0) is 68.6 Å². The maximum Gasteiger partial charge on any atom is 0.333 e. The standard InChI is InChI=1S/C43H60N8O10/c1-23(2)21-29-42(59)51-20-14-17-30(51)37(54)45-22-32(53)49(8)35(25(5)24(3)4)40(57)46-26(6)41(58)50(9)36(28-15-11-10-12-16-28)43(60)61-27(7)33(38(55)47-29)48-39(56)34-31(52)18-13-19-44-34/h10-13,15-16,18-19,23-27,29-30,33,35-36,52H,14,17,20-22H2,1-9H3,(H,45,54)(H,46,57)(H,47,55)(H,48,56)/t25?,26-,27+,29-,30+,33-,35-,36?/m0/s1. The van der Waals surface area contributed by atoms with Crippen molar-refractivity contribution in [3.8, 4) is 5.75 Å². The first-order valence-corrected chi connectivity index (χ1v) is 20.7. The van der Waals surface area contributed by atoms with E-state index in [1.54, 1.807) is 37.3 Å². The van der Waals surface area contributed by atoms with Gasteiger partial charge in [0.25, 0.3) is 5.91 Å². The molecule has 2 unspecified atom stereocenters. The van der Waals surface area contributed by atoms with Crippen molar-refractivity contribution in [1.29, 1.82) is 0 Å². The lowest BCUT2D eigenvalue weighted by Gasteiger charge is -2.36. The number of carbonyl (C=O) groups is 8. The molecule has 0 radical (unpaired) electrons. The van der Waals surface area contributed by atoms with E-state index < -0.39 is 114 Å². The van der Waals surface area contributed by atoms with Gasteiger partial charge >= 0.3 is 5.97 Å². The summed E-state index contributed by atoms with van der Waals surface area (Å²) in [7, 11) is 2.79. The van der Waals surface area contributed by atoms with Crippen molar-refractivity contribution < 1.29 is 48.2 Å². The highest BCUT2D eigenvalue weighted by molar-refractivity contribution is 6.00. The first-order valence-electron chi connectivity index (χ1n) is 20.7. The zero-order chi connectivity index (χ0) is 45.3. The Morgan fingerprint density at radius 1 is 0.885 bits per heavy atom. The van der Waals surface area contributed by atoms with Crippen LogP contribution in [0.1, 0.15) is 89.8 Å². The molecule has 2 aliphatic rings. The third-order valence-electron chi connectivity index (χ3n) is 11.3. The van der Waals surface area contributed by atoms with Gasteiger partial charge in [-0.25, -0.2) is 9.78 Å². The second-order valence-electron chi connectivity index (χ2n) is 16.6. The highest BCUT2D eigenvalue weighted by Gasteiger charge is 2.42. The van der Waals surface area contributed by atoms with E-state index in [9.17, 15) is 43.5 Å². The number of aromatic hydroxyl groups is 1. The fraction of sp³-hybridized carbons (Fsp3) is 0.558. The molecular formula is C43H60N8O10. The number of nitrogens with one attached hydrogen (secondary N) is 4. The van der Waals surface area contributed by atoms with Crippen LogP contribution in [0.3, 0.4) is 0 Å². The van der Waals surface area contributed by atoms with E-state index in [4.69, 9.17) is 4.74 Å². The van der Waals surface area contributed by atoms with Crippen LogP contribution in [0.4, 0.5) is 0 Å². The van der Waals surface area contributed by atoms with Crippen molar-refractivity contribution in [2.75, 3.05) is 27.2 Å². The van der Waals surface area contributed by atoms with Crippen molar-refractivity contribution in [2.45, 2.75) is 110 Å². The number of ether oxygens (including phenoxy) is 1. The van der Waals surface area contributed by atoms with E-state index in [2.05, 4.69) is 26.3 Å². The predicted octanol–water partition coefficient (Wildman–Crippen LogP) is 1.29. The average molecular weight is 849 g/mol. The van der Waals surface area contributed by atoms with E-state index in [1.807, 2.05) is 27.7 Å². The Morgan fingerprint density at radius 3 is 2.18 bits per heavy atom. The van der Waals surface area contributed by atoms with E-state index in [1.165, 1.54) is 56.1 Å². The Balaban J connectivity index is 1.82. The first-order chi connectivity index (χ1) is 28.7. The quantitative estimate of drug-likeness (QED) is 0.249. The van der Waals surface area contributed by atoms with E-state index >= 15 is 0 Å². The van der Waals surface area contributed by atoms with Crippen LogP contribution in [-0.2, 0) is 38.3 Å². The summed E-state index contributed by atoms with van der Waals surface area (Å²) in [6, 6.07) is 3.23. The highest BCUT2D eigenvalue weighted by atomic mass is 16.5. The van der Waals surface area contributed by atoms with Gasteiger partial charge in [0, 0.05) is 26.8 Å². The molecule has 0 bridgehead atoms. The smallest absolute Gasteiger partial charge is 0.333 e. The van der Waals surface area contributed by atoms with Gasteiger partial charge in [0.05, 0.1) is 6.54 Å². The number of benzene rings is 1. The number of carbonyl (C=O) groups excluding carboxylic acids is 8. The van der Waals surface area contributed by atoms with Crippen LogP contribution in [0, 0.1) is 17.8 Å². The molecule has 3 heterocycles. The fourth-order valence-corrected chi connectivity index (χ4v) is 7.59. The van der Waals surface area contributed by atoms with E-state index in [0.717, 1.165) is 4.90 Å². The van der Waals surface area contributed by atoms with Crippen LogP contribution in [0.15, 0.2) is 48.7 Å². The molecule has 332 valence electrons. The molecule has 2 aliphatic heterocycles. The lowest BCUT2D eigenvalue weighted by atomic mass is 9.88. The summed E-state index contributed by atoms with van der Waals surface area (Å²) in [5, 5.41) is 21.0. The highest BCUT2D eigenvalue weighted by Crippen LogP contribution is 2.26. The number of hydrogen-bond donors (Lipinski definition) is 5. The zero-order valence-corrected chi connectivity index (χ0v) is 36.3. The van der Waals surface area contributed by atoms with Crippen molar-refractivity contribution in [3.63, 3.8) is 0 Å². The summed E-state index contributed by atoms with van der Waals surface area (Å²) in [5.74, 6) is -7.16. The molecule has 2 fully saturated rings. The fourth-order valence-electron chi connectivity index (χ4n) is 7.59. The molecule has 4 rings (SSSR count). The van der Waals surface area contributed by atoms with Crippen LogP contribution in [0.5, 0.6) is 5.75 Å². The summed E-state index contributed by atoms with van der Waals surface area (Å²) in [6.45, 7) is 11.7. The van der Waals surface area contributed by atoms with Gasteiger partial charge in [0.15, 0.2) is 11.7 Å². The molecule has 1 aromatic heterocycles. The summed E-state index contributed by atoms with van der Waals surface area (Å²) >= 11 is 0. The van der Waals surface area contributed by atoms with Crippen LogP contribution < -0.4 is 21.3 Å². The normalized spacial score (nSPS) is 26.1. The number of esters is 1. The molecule has 18 heteroatoms. The summed E-state index contributed by atoms with van der Waals surface area (Å²) in [4.78, 5) is 120. The molecule has 5 N–H and O–H groups in total. The molecule has 0 aliphatic carbocycles. The van der Waals surface area contributed by atoms with Crippen molar-refractivity contribution in [1.82, 2.24) is 41.0 Å². The number of pyridine rings is 1. The van der Waals surface area contributed by atoms with Crippen molar-refractivity contribution >= 4 is 47.3 Å². The van der Waals surface area contributed by atoms with Crippen LogP contribution in [0.25, 0.3) is 0 Å². The molecule has 7 amide bonds. The van der Waals surface area contributed by atoms with Gasteiger partial charge in [0.2, 0.25) is 35.4 Å².